The third kappa shape index (κ3) is 7.17. The first-order valence-electron chi connectivity index (χ1n) is 4.41. The SMILES string of the molecule is CC(C)CC=O.Nc1nc(N)nc(N)n1. The van der Waals surface area contributed by atoms with E-state index in [4.69, 9.17) is 17.2 Å². The molecular formula is C8H16N6O. The van der Waals surface area contributed by atoms with Crippen molar-refractivity contribution in [3.63, 3.8) is 0 Å². The number of hydrogen-bond donors (Lipinski definition) is 3. The summed E-state index contributed by atoms with van der Waals surface area (Å²) in [5.41, 5.74) is 15.4. The van der Waals surface area contributed by atoms with E-state index in [1.165, 1.54) is 0 Å². The molecule has 6 N–H and O–H groups in total. The zero-order valence-corrected chi connectivity index (χ0v) is 8.84. The summed E-state index contributed by atoms with van der Waals surface area (Å²) in [6.45, 7) is 4.04. The van der Waals surface area contributed by atoms with Crippen molar-refractivity contribution in [1.82, 2.24) is 15.0 Å². The van der Waals surface area contributed by atoms with Gasteiger partial charge in [-0.2, -0.15) is 15.0 Å². The first-order chi connectivity index (χ1) is 6.95. The average Bonchev–Trinajstić information content (AvgIpc) is 2.00. The Hall–Kier alpha value is -1.92. The number of anilines is 3. The Morgan fingerprint density at radius 1 is 1.07 bits per heavy atom. The molecule has 0 unspecified atom stereocenters. The quantitative estimate of drug-likeness (QED) is 0.580. The Labute approximate surface area is 88.1 Å². The van der Waals surface area contributed by atoms with Crippen LogP contribution in [0.1, 0.15) is 20.3 Å². The molecule has 0 aliphatic rings. The van der Waals surface area contributed by atoms with Crippen molar-refractivity contribution in [2.45, 2.75) is 20.3 Å². The number of rotatable bonds is 2. The number of hydrogen-bond acceptors (Lipinski definition) is 7. The summed E-state index contributed by atoms with van der Waals surface area (Å²) in [5, 5.41) is 0. The van der Waals surface area contributed by atoms with Crippen molar-refractivity contribution in [3.8, 4) is 0 Å². The molecular weight excluding hydrogens is 196 g/mol. The smallest absolute Gasteiger partial charge is 0.226 e. The monoisotopic (exact) mass is 212 g/mol. The number of nitrogens with two attached hydrogens (primary N) is 3. The lowest BCUT2D eigenvalue weighted by Gasteiger charge is -1.93. The molecule has 0 saturated heterocycles. The number of aldehydes is 1. The third-order valence-electron chi connectivity index (χ3n) is 1.25. The Bertz CT molecular complexity index is 264. The lowest BCUT2D eigenvalue weighted by Crippen LogP contribution is -2.05. The molecule has 0 spiro atoms. The van der Waals surface area contributed by atoms with E-state index in [9.17, 15) is 4.79 Å². The minimum Gasteiger partial charge on any atom is -0.368 e. The van der Waals surface area contributed by atoms with Crippen LogP contribution in [0.3, 0.4) is 0 Å². The lowest BCUT2D eigenvalue weighted by molar-refractivity contribution is -0.108. The van der Waals surface area contributed by atoms with Gasteiger partial charge in [0.25, 0.3) is 0 Å². The van der Waals surface area contributed by atoms with Crippen LogP contribution in [-0.2, 0) is 4.79 Å². The van der Waals surface area contributed by atoms with Crippen molar-refractivity contribution in [2.75, 3.05) is 17.2 Å². The molecule has 0 aliphatic heterocycles. The van der Waals surface area contributed by atoms with Gasteiger partial charge in [0.1, 0.15) is 6.29 Å². The molecule has 0 amide bonds. The van der Waals surface area contributed by atoms with E-state index in [1.807, 2.05) is 13.8 Å². The molecule has 0 atom stereocenters. The van der Waals surface area contributed by atoms with Gasteiger partial charge in [-0.25, -0.2) is 0 Å². The molecule has 84 valence electrons. The standard InChI is InChI=1S/C5H10O.C3H6N6/c1-5(2)3-4-6;4-1-7-2(5)9-3(6)8-1/h4-5H,3H2,1-2H3;(H6,4,5,6,7,8,9). The summed E-state index contributed by atoms with van der Waals surface area (Å²) in [5.74, 6) is 0.655. The molecule has 0 saturated carbocycles. The summed E-state index contributed by atoms with van der Waals surface area (Å²) in [4.78, 5) is 20.1. The van der Waals surface area contributed by atoms with E-state index in [2.05, 4.69) is 15.0 Å². The van der Waals surface area contributed by atoms with Crippen LogP contribution in [0, 0.1) is 5.92 Å². The van der Waals surface area contributed by atoms with Gasteiger partial charge in [0.05, 0.1) is 0 Å². The molecule has 0 radical (unpaired) electrons. The fourth-order valence-corrected chi connectivity index (χ4v) is 0.620. The summed E-state index contributed by atoms with van der Waals surface area (Å²) in [7, 11) is 0. The number of nitrogen functional groups attached to an aromatic ring is 3. The highest BCUT2D eigenvalue weighted by molar-refractivity contribution is 5.49. The number of carbonyl (C=O) groups is 1. The Morgan fingerprint density at radius 2 is 1.40 bits per heavy atom. The molecule has 1 rings (SSSR count). The predicted molar refractivity (Wildman–Crippen MR) is 58.6 cm³/mol. The zero-order valence-electron chi connectivity index (χ0n) is 8.84. The van der Waals surface area contributed by atoms with Gasteiger partial charge in [-0.1, -0.05) is 13.8 Å². The van der Waals surface area contributed by atoms with E-state index in [1.54, 1.807) is 0 Å². The lowest BCUT2D eigenvalue weighted by atomic mass is 10.2. The minimum absolute atomic E-state index is 0.0417. The highest BCUT2D eigenvalue weighted by atomic mass is 16.1. The highest BCUT2D eigenvalue weighted by Gasteiger charge is 1.93. The molecule has 7 nitrogen and oxygen atoms in total. The van der Waals surface area contributed by atoms with Crippen molar-refractivity contribution in [2.24, 2.45) is 5.92 Å². The van der Waals surface area contributed by atoms with Crippen molar-refractivity contribution in [3.05, 3.63) is 0 Å². The fraction of sp³-hybridized carbons (Fsp3) is 0.500. The van der Waals surface area contributed by atoms with E-state index >= 15 is 0 Å². The van der Waals surface area contributed by atoms with E-state index in [0.717, 1.165) is 6.29 Å². The average molecular weight is 212 g/mol. The van der Waals surface area contributed by atoms with Crippen LogP contribution in [0.25, 0.3) is 0 Å². The van der Waals surface area contributed by atoms with Crippen LogP contribution in [0.2, 0.25) is 0 Å². The molecule has 1 aromatic heterocycles. The maximum absolute atomic E-state index is 9.62. The van der Waals surface area contributed by atoms with Crippen molar-refractivity contribution in [1.29, 1.82) is 0 Å². The second-order valence-corrected chi connectivity index (χ2v) is 3.21. The highest BCUT2D eigenvalue weighted by Crippen LogP contribution is 1.97. The van der Waals surface area contributed by atoms with E-state index in [0.29, 0.717) is 12.3 Å². The van der Waals surface area contributed by atoms with Crippen molar-refractivity contribution >= 4 is 24.1 Å². The molecule has 0 aliphatic carbocycles. The maximum Gasteiger partial charge on any atom is 0.226 e. The maximum atomic E-state index is 9.62. The van der Waals surface area contributed by atoms with Gasteiger partial charge in [0, 0.05) is 6.42 Å². The van der Waals surface area contributed by atoms with Crippen LogP contribution in [0.15, 0.2) is 0 Å². The number of aromatic nitrogens is 3. The van der Waals surface area contributed by atoms with Gasteiger partial charge in [0.2, 0.25) is 17.8 Å². The summed E-state index contributed by atoms with van der Waals surface area (Å²) in [6.07, 6.45) is 1.64. The summed E-state index contributed by atoms with van der Waals surface area (Å²) < 4.78 is 0. The fourth-order valence-electron chi connectivity index (χ4n) is 0.620. The molecule has 15 heavy (non-hydrogen) atoms. The van der Waals surface area contributed by atoms with Gasteiger partial charge < -0.3 is 22.0 Å². The van der Waals surface area contributed by atoms with Gasteiger partial charge in [-0.3, -0.25) is 0 Å². The second kappa shape index (κ2) is 6.52. The second-order valence-electron chi connectivity index (χ2n) is 3.21. The van der Waals surface area contributed by atoms with Gasteiger partial charge in [-0.05, 0) is 5.92 Å². The van der Waals surface area contributed by atoms with Crippen LogP contribution < -0.4 is 17.2 Å². The van der Waals surface area contributed by atoms with Gasteiger partial charge >= 0.3 is 0 Å². The number of carbonyl (C=O) groups excluding carboxylic acids is 1. The predicted octanol–water partition coefficient (Wildman–Crippen LogP) is -0.150. The molecule has 0 bridgehead atoms. The molecule has 7 heteroatoms. The first-order valence-corrected chi connectivity index (χ1v) is 4.41. The molecule has 1 heterocycles. The zero-order chi connectivity index (χ0) is 11.8. The summed E-state index contributed by atoms with van der Waals surface area (Å²) >= 11 is 0. The Kier molecular flexibility index (Phi) is 5.69. The Balaban J connectivity index is 0.000000288. The topological polar surface area (TPSA) is 134 Å². The minimum atomic E-state index is 0.0417. The normalized spacial score (nSPS) is 9.27. The van der Waals surface area contributed by atoms with Crippen LogP contribution in [-0.4, -0.2) is 21.2 Å². The molecule has 1 aromatic rings. The van der Waals surface area contributed by atoms with Crippen LogP contribution in [0.4, 0.5) is 17.8 Å². The number of nitrogens with zero attached hydrogens (tertiary/aromatic N) is 3. The van der Waals surface area contributed by atoms with Crippen molar-refractivity contribution < 1.29 is 4.79 Å². The largest absolute Gasteiger partial charge is 0.368 e. The summed E-state index contributed by atoms with van der Waals surface area (Å²) in [6, 6.07) is 0. The van der Waals surface area contributed by atoms with Crippen LogP contribution >= 0.6 is 0 Å². The van der Waals surface area contributed by atoms with Crippen LogP contribution in [0.5, 0.6) is 0 Å². The van der Waals surface area contributed by atoms with Gasteiger partial charge in [-0.15, -0.1) is 0 Å². The third-order valence-corrected chi connectivity index (χ3v) is 1.25. The van der Waals surface area contributed by atoms with E-state index < -0.39 is 0 Å². The Morgan fingerprint density at radius 3 is 1.53 bits per heavy atom. The van der Waals surface area contributed by atoms with Gasteiger partial charge in [0.15, 0.2) is 0 Å². The first kappa shape index (κ1) is 13.1. The van der Waals surface area contributed by atoms with E-state index in [-0.39, 0.29) is 17.8 Å². The molecule has 0 aromatic carbocycles. The molecule has 0 fully saturated rings.